The van der Waals surface area contributed by atoms with E-state index in [0.717, 1.165) is 25.7 Å². The van der Waals surface area contributed by atoms with Crippen molar-refractivity contribution >= 4 is 0 Å². The van der Waals surface area contributed by atoms with E-state index < -0.39 is 5.54 Å². The van der Waals surface area contributed by atoms with Crippen molar-refractivity contribution in [3.05, 3.63) is 0 Å². The van der Waals surface area contributed by atoms with E-state index in [1.165, 1.54) is 19.3 Å². The molecule has 0 N–H and O–H groups in total. The van der Waals surface area contributed by atoms with Gasteiger partial charge in [-0.3, -0.25) is 0 Å². The SMILES string of the molecule is CC(C)(C)/N=N/C1(C#N)CCCCCCC1. The van der Waals surface area contributed by atoms with Crippen molar-refractivity contribution in [1.82, 2.24) is 0 Å². The molecule has 0 aromatic rings. The summed E-state index contributed by atoms with van der Waals surface area (Å²) in [5.74, 6) is 0. The van der Waals surface area contributed by atoms with Gasteiger partial charge in [0.1, 0.15) is 0 Å². The lowest BCUT2D eigenvalue weighted by atomic mass is 9.86. The van der Waals surface area contributed by atoms with Crippen molar-refractivity contribution < 1.29 is 0 Å². The summed E-state index contributed by atoms with van der Waals surface area (Å²) in [5.41, 5.74) is -0.708. The minimum atomic E-state index is -0.534. The second-order valence-electron chi connectivity index (χ2n) is 5.78. The minimum Gasteiger partial charge on any atom is -0.196 e. The smallest absolute Gasteiger partial charge is 0.167 e. The van der Waals surface area contributed by atoms with E-state index in [4.69, 9.17) is 0 Å². The van der Waals surface area contributed by atoms with E-state index in [9.17, 15) is 5.26 Å². The Morgan fingerprint density at radius 3 is 1.94 bits per heavy atom. The first-order valence-electron chi connectivity index (χ1n) is 6.33. The van der Waals surface area contributed by atoms with E-state index >= 15 is 0 Å². The molecule has 0 radical (unpaired) electrons. The maximum absolute atomic E-state index is 9.35. The summed E-state index contributed by atoms with van der Waals surface area (Å²) >= 11 is 0. The van der Waals surface area contributed by atoms with E-state index in [0.29, 0.717) is 0 Å². The fraction of sp³-hybridized carbons (Fsp3) is 0.923. The molecule has 1 aliphatic carbocycles. The Morgan fingerprint density at radius 1 is 1.00 bits per heavy atom. The Kier molecular flexibility index (Phi) is 4.46. The number of hydrogen-bond donors (Lipinski definition) is 0. The molecule has 0 aliphatic heterocycles. The third-order valence-corrected chi connectivity index (χ3v) is 2.93. The average Bonchev–Trinajstić information content (AvgIpc) is 2.16. The van der Waals surface area contributed by atoms with Gasteiger partial charge in [-0.05, 0) is 46.5 Å². The van der Waals surface area contributed by atoms with Gasteiger partial charge in [-0.25, -0.2) is 0 Å². The Bertz CT molecular complexity index is 273. The van der Waals surface area contributed by atoms with Crippen LogP contribution < -0.4 is 0 Å². The zero-order valence-electron chi connectivity index (χ0n) is 10.8. The molecular weight excluding hydrogens is 198 g/mol. The standard InChI is InChI=1S/C13H23N3/c1-12(2,3)15-16-13(11-14)9-7-5-4-6-8-10-13/h4-10H2,1-3H3/b16-15+. The summed E-state index contributed by atoms with van der Waals surface area (Å²) in [6, 6.07) is 2.40. The van der Waals surface area contributed by atoms with Gasteiger partial charge in [-0.2, -0.15) is 15.5 Å². The molecule has 1 aliphatic rings. The molecular formula is C13H23N3. The lowest BCUT2D eigenvalue weighted by Gasteiger charge is -2.24. The number of hydrogen-bond acceptors (Lipinski definition) is 3. The van der Waals surface area contributed by atoms with Crippen LogP contribution in [-0.4, -0.2) is 11.1 Å². The average molecular weight is 221 g/mol. The van der Waals surface area contributed by atoms with Crippen LogP contribution in [0.15, 0.2) is 10.2 Å². The summed E-state index contributed by atoms with van der Waals surface area (Å²) in [6.45, 7) is 6.06. The first-order chi connectivity index (χ1) is 7.47. The molecule has 1 rings (SSSR count). The van der Waals surface area contributed by atoms with E-state index in [1.54, 1.807) is 0 Å². The lowest BCUT2D eigenvalue weighted by molar-refractivity contribution is 0.359. The molecule has 3 heteroatoms. The Hall–Kier alpha value is -0.910. The van der Waals surface area contributed by atoms with Gasteiger partial charge in [0.25, 0.3) is 0 Å². The Labute approximate surface area is 99.0 Å². The quantitative estimate of drug-likeness (QED) is 0.611. The van der Waals surface area contributed by atoms with E-state index in [1.807, 2.05) is 20.8 Å². The highest BCUT2D eigenvalue weighted by atomic mass is 15.2. The van der Waals surface area contributed by atoms with Gasteiger partial charge in [0, 0.05) is 0 Å². The van der Waals surface area contributed by atoms with Crippen LogP contribution in [0, 0.1) is 11.3 Å². The third-order valence-electron chi connectivity index (χ3n) is 2.93. The van der Waals surface area contributed by atoms with Gasteiger partial charge in [-0.15, -0.1) is 0 Å². The molecule has 0 atom stereocenters. The van der Waals surface area contributed by atoms with Crippen molar-refractivity contribution in [1.29, 1.82) is 5.26 Å². The van der Waals surface area contributed by atoms with Crippen LogP contribution in [0.5, 0.6) is 0 Å². The number of rotatable bonds is 1. The monoisotopic (exact) mass is 221 g/mol. The molecule has 16 heavy (non-hydrogen) atoms. The maximum atomic E-state index is 9.35. The fourth-order valence-electron chi connectivity index (χ4n) is 1.97. The summed E-state index contributed by atoms with van der Waals surface area (Å²) in [6.07, 6.45) is 7.74. The molecule has 0 bridgehead atoms. The molecule has 0 aromatic carbocycles. The van der Waals surface area contributed by atoms with Crippen molar-refractivity contribution in [2.75, 3.05) is 0 Å². The van der Waals surface area contributed by atoms with Gasteiger partial charge in [-0.1, -0.05) is 19.3 Å². The highest BCUT2D eigenvalue weighted by Crippen LogP contribution is 2.30. The third kappa shape index (κ3) is 4.30. The van der Waals surface area contributed by atoms with Gasteiger partial charge >= 0.3 is 0 Å². The molecule has 0 amide bonds. The number of nitriles is 1. The van der Waals surface area contributed by atoms with Crippen LogP contribution in [-0.2, 0) is 0 Å². The summed E-state index contributed by atoms with van der Waals surface area (Å²) < 4.78 is 0. The molecule has 1 saturated carbocycles. The topological polar surface area (TPSA) is 48.5 Å². The Morgan fingerprint density at radius 2 is 1.50 bits per heavy atom. The van der Waals surface area contributed by atoms with Gasteiger partial charge in [0.2, 0.25) is 0 Å². The highest BCUT2D eigenvalue weighted by molar-refractivity contribution is 5.07. The van der Waals surface area contributed by atoms with Crippen LogP contribution in [0.2, 0.25) is 0 Å². The number of azo groups is 1. The molecule has 0 spiro atoms. The van der Waals surface area contributed by atoms with Crippen LogP contribution in [0.25, 0.3) is 0 Å². The number of nitrogens with zero attached hydrogens (tertiary/aromatic N) is 3. The highest BCUT2D eigenvalue weighted by Gasteiger charge is 2.30. The van der Waals surface area contributed by atoms with Crippen molar-refractivity contribution in [3.8, 4) is 6.07 Å². The molecule has 0 aromatic heterocycles. The maximum Gasteiger partial charge on any atom is 0.167 e. The minimum absolute atomic E-state index is 0.174. The zero-order chi connectivity index (χ0) is 12.1. The second kappa shape index (κ2) is 5.43. The van der Waals surface area contributed by atoms with E-state index in [2.05, 4.69) is 16.3 Å². The summed E-state index contributed by atoms with van der Waals surface area (Å²) in [5, 5.41) is 18.0. The first kappa shape index (κ1) is 13.2. The predicted molar refractivity (Wildman–Crippen MR) is 65.3 cm³/mol. The van der Waals surface area contributed by atoms with Crippen molar-refractivity contribution in [2.24, 2.45) is 10.2 Å². The molecule has 1 fully saturated rings. The van der Waals surface area contributed by atoms with Gasteiger partial charge < -0.3 is 0 Å². The largest absolute Gasteiger partial charge is 0.196 e. The first-order valence-corrected chi connectivity index (χ1v) is 6.33. The summed E-state index contributed by atoms with van der Waals surface area (Å²) in [4.78, 5) is 0. The van der Waals surface area contributed by atoms with Gasteiger partial charge in [0.05, 0.1) is 11.6 Å². The molecule has 0 heterocycles. The Balaban J connectivity index is 2.74. The second-order valence-corrected chi connectivity index (χ2v) is 5.78. The van der Waals surface area contributed by atoms with Crippen LogP contribution in [0.3, 0.4) is 0 Å². The zero-order valence-corrected chi connectivity index (χ0v) is 10.8. The molecule has 0 saturated heterocycles. The van der Waals surface area contributed by atoms with Crippen LogP contribution >= 0.6 is 0 Å². The normalized spacial score (nSPS) is 22.4. The molecule has 3 nitrogen and oxygen atoms in total. The van der Waals surface area contributed by atoms with E-state index in [-0.39, 0.29) is 5.54 Å². The fourth-order valence-corrected chi connectivity index (χ4v) is 1.97. The van der Waals surface area contributed by atoms with Crippen molar-refractivity contribution in [3.63, 3.8) is 0 Å². The molecule has 0 unspecified atom stereocenters. The van der Waals surface area contributed by atoms with Crippen LogP contribution in [0.4, 0.5) is 0 Å². The van der Waals surface area contributed by atoms with Gasteiger partial charge in [0.15, 0.2) is 5.54 Å². The summed E-state index contributed by atoms with van der Waals surface area (Å²) in [7, 11) is 0. The van der Waals surface area contributed by atoms with Crippen molar-refractivity contribution in [2.45, 2.75) is 76.8 Å². The lowest BCUT2D eigenvalue weighted by Crippen LogP contribution is -2.26. The van der Waals surface area contributed by atoms with Crippen LogP contribution in [0.1, 0.15) is 65.7 Å². The molecule has 90 valence electrons. The predicted octanol–water partition coefficient (Wildman–Crippen LogP) is 4.24.